The highest BCUT2D eigenvalue weighted by atomic mass is 32.2. The quantitative estimate of drug-likeness (QED) is 0.441. The van der Waals surface area contributed by atoms with Crippen LogP contribution in [-0.4, -0.2) is 21.6 Å². The van der Waals surface area contributed by atoms with Gasteiger partial charge in [0.2, 0.25) is 5.91 Å². The van der Waals surface area contributed by atoms with Crippen LogP contribution in [0.5, 0.6) is 0 Å². The smallest absolute Gasteiger partial charge is 0.226 e. The summed E-state index contributed by atoms with van der Waals surface area (Å²) in [6.45, 7) is 6.35. The van der Waals surface area contributed by atoms with E-state index in [1.807, 2.05) is 23.6 Å². The molecule has 3 aromatic rings. The number of rotatable bonds is 6. The van der Waals surface area contributed by atoms with Gasteiger partial charge in [0.05, 0.1) is 15.9 Å². The number of hydrogen-bond acceptors (Lipinski definition) is 6. The number of fused-ring (bicyclic) bond motifs is 1. The number of nitrogens with one attached hydrogen (secondary N) is 1. The summed E-state index contributed by atoms with van der Waals surface area (Å²) in [5.41, 5.74) is 2.07. The Morgan fingerprint density at radius 2 is 2.04 bits per heavy atom. The lowest BCUT2D eigenvalue weighted by Crippen LogP contribution is -2.14. The molecule has 132 valence electrons. The molecule has 1 amide bonds. The van der Waals surface area contributed by atoms with Crippen molar-refractivity contribution in [3.05, 3.63) is 35.3 Å². The molecule has 0 radical (unpaired) electrons. The highest BCUT2D eigenvalue weighted by Crippen LogP contribution is 2.30. The molecule has 3 rings (SSSR count). The predicted molar refractivity (Wildman–Crippen MR) is 109 cm³/mol. The number of thiazole rings is 2. The van der Waals surface area contributed by atoms with Crippen LogP contribution in [0.25, 0.3) is 10.2 Å². The normalized spacial score (nSPS) is 11.8. The number of carbonyl (C=O) groups is 1. The Morgan fingerprint density at radius 3 is 2.76 bits per heavy atom. The van der Waals surface area contributed by atoms with Crippen molar-refractivity contribution in [2.75, 3.05) is 11.1 Å². The van der Waals surface area contributed by atoms with Crippen LogP contribution in [0.1, 0.15) is 39.3 Å². The first-order valence-electron chi connectivity index (χ1n) is 8.16. The number of benzene rings is 1. The van der Waals surface area contributed by atoms with Crippen molar-refractivity contribution in [2.45, 2.75) is 43.4 Å². The highest BCUT2D eigenvalue weighted by molar-refractivity contribution is 8.01. The van der Waals surface area contributed by atoms with Crippen molar-refractivity contribution in [3.63, 3.8) is 0 Å². The zero-order chi connectivity index (χ0) is 17.9. The maximum atomic E-state index is 12.1. The van der Waals surface area contributed by atoms with Crippen molar-refractivity contribution in [2.24, 2.45) is 0 Å². The Bertz CT molecular complexity index is 831. The molecule has 2 aromatic heterocycles. The van der Waals surface area contributed by atoms with Gasteiger partial charge in [-0.3, -0.25) is 4.79 Å². The van der Waals surface area contributed by atoms with Gasteiger partial charge in [0.15, 0.2) is 9.47 Å². The van der Waals surface area contributed by atoms with Gasteiger partial charge in [-0.25, -0.2) is 9.97 Å². The van der Waals surface area contributed by atoms with Crippen LogP contribution in [-0.2, 0) is 10.2 Å². The summed E-state index contributed by atoms with van der Waals surface area (Å²) in [7, 11) is 0. The van der Waals surface area contributed by atoms with E-state index in [4.69, 9.17) is 0 Å². The summed E-state index contributed by atoms with van der Waals surface area (Å²) in [6, 6.07) is 8.15. The number of nitrogens with zero attached hydrogens (tertiary/aromatic N) is 2. The molecule has 0 aliphatic heterocycles. The average Bonchev–Trinajstić information content (AvgIpc) is 3.17. The third-order valence-electron chi connectivity index (χ3n) is 3.57. The Morgan fingerprint density at radius 1 is 1.24 bits per heavy atom. The van der Waals surface area contributed by atoms with Crippen molar-refractivity contribution in [1.29, 1.82) is 0 Å². The van der Waals surface area contributed by atoms with E-state index < -0.39 is 0 Å². The van der Waals surface area contributed by atoms with E-state index >= 15 is 0 Å². The number of thioether (sulfide) groups is 1. The molecule has 4 nitrogen and oxygen atoms in total. The lowest BCUT2D eigenvalue weighted by Gasteiger charge is -2.14. The number of amides is 1. The molecule has 1 aromatic carbocycles. The van der Waals surface area contributed by atoms with Crippen LogP contribution in [0, 0.1) is 0 Å². The first-order valence-corrected chi connectivity index (χ1v) is 10.8. The van der Waals surface area contributed by atoms with E-state index in [0.717, 1.165) is 27.7 Å². The molecule has 0 aliphatic carbocycles. The van der Waals surface area contributed by atoms with Gasteiger partial charge in [-0.1, -0.05) is 44.7 Å². The molecule has 0 atom stereocenters. The van der Waals surface area contributed by atoms with Crippen LogP contribution >= 0.6 is 34.4 Å². The maximum Gasteiger partial charge on any atom is 0.226 e. The predicted octanol–water partition coefficient (Wildman–Crippen LogP) is 5.56. The van der Waals surface area contributed by atoms with Gasteiger partial charge < -0.3 is 5.32 Å². The number of para-hydroxylation sites is 1. The van der Waals surface area contributed by atoms with Gasteiger partial charge in [-0.05, 0) is 18.6 Å². The van der Waals surface area contributed by atoms with Crippen molar-refractivity contribution in [3.8, 4) is 0 Å². The van der Waals surface area contributed by atoms with Crippen molar-refractivity contribution in [1.82, 2.24) is 9.97 Å². The van der Waals surface area contributed by atoms with Crippen LogP contribution in [0.15, 0.2) is 34.0 Å². The fraction of sp³-hybridized carbons (Fsp3) is 0.389. The van der Waals surface area contributed by atoms with Gasteiger partial charge >= 0.3 is 0 Å². The molecule has 0 bridgehead atoms. The minimum absolute atomic E-state index is 0.00731. The molecule has 0 spiro atoms. The molecule has 0 saturated carbocycles. The lowest BCUT2D eigenvalue weighted by molar-refractivity contribution is -0.116. The first kappa shape index (κ1) is 18.4. The van der Waals surface area contributed by atoms with Crippen molar-refractivity contribution >= 4 is 55.7 Å². The molecule has 1 N–H and O–H groups in total. The zero-order valence-electron chi connectivity index (χ0n) is 14.5. The van der Waals surface area contributed by atoms with Gasteiger partial charge in [0.25, 0.3) is 0 Å². The van der Waals surface area contributed by atoms with Gasteiger partial charge in [0.1, 0.15) is 0 Å². The maximum absolute atomic E-state index is 12.1. The molecular formula is C18H21N3OS3. The largest absolute Gasteiger partial charge is 0.302 e. The second kappa shape index (κ2) is 7.85. The van der Waals surface area contributed by atoms with E-state index in [0.29, 0.717) is 11.6 Å². The van der Waals surface area contributed by atoms with Gasteiger partial charge in [-0.15, -0.1) is 22.7 Å². The van der Waals surface area contributed by atoms with Crippen LogP contribution in [0.2, 0.25) is 0 Å². The monoisotopic (exact) mass is 391 g/mol. The summed E-state index contributed by atoms with van der Waals surface area (Å²) >= 11 is 4.91. The van der Waals surface area contributed by atoms with Crippen LogP contribution in [0.4, 0.5) is 5.13 Å². The van der Waals surface area contributed by atoms with Crippen LogP contribution in [0.3, 0.4) is 0 Å². The van der Waals surface area contributed by atoms with Gasteiger partial charge in [0, 0.05) is 23.0 Å². The molecule has 0 unspecified atom stereocenters. The number of aromatic nitrogens is 2. The lowest BCUT2D eigenvalue weighted by atomic mass is 9.93. The van der Waals surface area contributed by atoms with E-state index in [1.165, 1.54) is 16.0 Å². The molecule has 0 saturated heterocycles. The Hall–Kier alpha value is -1.44. The summed E-state index contributed by atoms with van der Waals surface area (Å²) in [5.74, 6) is 0.915. The topological polar surface area (TPSA) is 54.9 Å². The van der Waals surface area contributed by atoms with Crippen LogP contribution < -0.4 is 5.32 Å². The molecule has 25 heavy (non-hydrogen) atoms. The third kappa shape index (κ3) is 5.03. The highest BCUT2D eigenvalue weighted by Gasteiger charge is 2.18. The molecule has 0 fully saturated rings. The fourth-order valence-corrected chi connectivity index (χ4v) is 5.19. The summed E-state index contributed by atoms with van der Waals surface area (Å²) in [5, 5.41) is 5.60. The van der Waals surface area contributed by atoms with E-state index in [2.05, 4.69) is 42.1 Å². The number of anilines is 1. The molecule has 2 heterocycles. The summed E-state index contributed by atoms with van der Waals surface area (Å²) in [6.07, 6.45) is 1.33. The second-order valence-electron chi connectivity index (χ2n) is 6.74. The third-order valence-corrected chi connectivity index (χ3v) is 6.59. The standard InChI is InChI=1S/C18H21N3OS3/c1-18(2,3)14-11-24-16(20-14)21-15(22)9-6-10-23-17-19-12-7-4-5-8-13(12)25-17/h4-5,7-8,11H,6,9-10H2,1-3H3,(H,20,21,22). The average molecular weight is 392 g/mol. The Kier molecular flexibility index (Phi) is 5.76. The van der Waals surface area contributed by atoms with E-state index in [9.17, 15) is 4.79 Å². The molecule has 7 heteroatoms. The SMILES string of the molecule is CC(C)(C)c1csc(NC(=O)CCCSc2nc3ccccc3s2)n1. The zero-order valence-corrected chi connectivity index (χ0v) is 17.0. The number of carbonyl (C=O) groups excluding carboxylic acids is 1. The summed E-state index contributed by atoms with van der Waals surface area (Å²) < 4.78 is 2.28. The second-order valence-corrected chi connectivity index (χ2v) is 9.97. The Labute approximate surface area is 160 Å². The van der Waals surface area contributed by atoms with E-state index in [-0.39, 0.29) is 11.3 Å². The van der Waals surface area contributed by atoms with Gasteiger partial charge in [-0.2, -0.15) is 0 Å². The minimum atomic E-state index is 0.00731. The molecular weight excluding hydrogens is 370 g/mol. The summed E-state index contributed by atoms with van der Waals surface area (Å²) in [4.78, 5) is 21.1. The Balaban J connectivity index is 1.42. The fourth-order valence-electron chi connectivity index (χ4n) is 2.16. The first-order chi connectivity index (χ1) is 11.9. The van der Waals surface area contributed by atoms with E-state index in [1.54, 1.807) is 23.1 Å². The van der Waals surface area contributed by atoms with Crippen molar-refractivity contribution < 1.29 is 4.79 Å². The molecule has 0 aliphatic rings. The minimum Gasteiger partial charge on any atom is -0.302 e. The number of hydrogen-bond donors (Lipinski definition) is 1.